The van der Waals surface area contributed by atoms with Crippen LogP contribution in [0.1, 0.15) is 28.5 Å². The molecule has 2 N–H and O–H groups in total. The van der Waals surface area contributed by atoms with Crippen molar-refractivity contribution in [2.45, 2.75) is 25.8 Å². The molecule has 28 heavy (non-hydrogen) atoms. The van der Waals surface area contributed by atoms with Gasteiger partial charge in [-0.05, 0) is 31.0 Å². The van der Waals surface area contributed by atoms with Crippen molar-refractivity contribution in [1.82, 2.24) is 4.57 Å². The summed E-state index contributed by atoms with van der Waals surface area (Å²) in [4.78, 5) is 13.4. The third-order valence-electron chi connectivity index (χ3n) is 4.99. The minimum absolute atomic E-state index is 0.0542. The zero-order valence-corrected chi connectivity index (χ0v) is 15.4. The van der Waals surface area contributed by atoms with E-state index in [2.05, 4.69) is 6.07 Å². The van der Waals surface area contributed by atoms with E-state index in [-0.39, 0.29) is 17.0 Å². The molecule has 6 heteroatoms. The summed E-state index contributed by atoms with van der Waals surface area (Å²) in [6, 6.07) is 17.3. The quantitative estimate of drug-likeness (QED) is 0.758. The Morgan fingerprint density at radius 3 is 2.68 bits per heavy atom. The second kappa shape index (κ2) is 7.12. The molecule has 1 aliphatic rings. The molecule has 0 saturated heterocycles. The number of rotatable bonds is 4. The maximum absolute atomic E-state index is 13.4. The lowest BCUT2D eigenvalue weighted by Crippen LogP contribution is -2.33. The molecule has 3 heterocycles. The monoisotopic (exact) mass is 373 g/mol. The number of nitriles is 1. The Kier molecular flexibility index (Phi) is 4.50. The van der Waals surface area contributed by atoms with Crippen molar-refractivity contribution in [2.24, 2.45) is 5.73 Å². The highest BCUT2D eigenvalue weighted by molar-refractivity contribution is 5.50. The summed E-state index contributed by atoms with van der Waals surface area (Å²) in [5.41, 5.74) is 8.28. The molecule has 1 aliphatic heterocycles. The second-order valence-corrected chi connectivity index (χ2v) is 6.77. The predicted octanol–water partition coefficient (Wildman–Crippen LogP) is 3.21. The number of nitrogens with zero attached hydrogens (tertiary/aromatic N) is 2. The largest absolute Gasteiger partial charge is 0.467 e. The molecule has 1 unspecified atom stereocenters. The first-order chi connectivity index (χ1) is 13.6. The van der Waals surface area contributed by atoms with Gasteiger partial charge in [-0.1, -0.05) is 30.3 Å². The summed E-state index contributed by atoms with van der Waals surface area (Å²) >= 11 is 0. The average Bonchev–Trinajstić information content (AvgIpc) is 3.19. The molecule has 1 aromatic carbocycles. The fraction of sp³-hybridized carbons (Fsp3) is 0.182. The van der Waals surface area contributed by atoms with Gasteiger partial charge in [-0.15, -0.1) is 0 Å². The summed E-state index contributed by atoms with van der Waals surface area (Å²) in [5, 5.41) is 9.67. The third kappa shape index (κ3) is 3.08. The van der Waals surface area contributed by atoms with Gasteiger partial charge in [0.05, 0.1) is 23.9 Å². The molecule has 2 aromatic heterocycles. The summed E-state index contributed by atoms with van der Waals surface area (Å²) in [5.74, 6) is 0.679. The fourth-order valence-electron chi connectivity index (χ4n) is 3.59. The van der Waals surface area contributed by atoms with Crippen LogP contribution in [-0.4, -0.2) is 4.57 Å². The first-order valence-electron chi connectivity index (χ1n) is 8.96. The minimum Gasteiger partial charge on any atom is -0.467 e. The number of aromatic nitrogens is 1. The van der Waals surface area contributed by atoms with Crippen LogP contribution in [0.15, 0.2) is 75.5 Å². The Morgan fingerprint density at radius 1 is 1.21 bits per heavy atom. The first kappa shape index (κ1) is 17.7. The van der Waals surface area contributed by atoms with Crippen LogP contribution >= 0.6 is 0 Å². The molecule has 0 radical (unpaired) electrons. The van der Waals surface area contributed by atoms with Crippen LogP contribution in [0, 0.1) is 18.3 Å². The molecule has 0 saturated carbocycles. The van der Waals surface area contributed by atoms with Gasteiger partial charge in [0.15, 0.2) is 0 Å². The highest BCUT2D eigenvalue weighted by Gasteiger charge is 2.33. The Hall–Kier alpha value is -3.72. The van der Waals surface area contributed by atoms with E-state index in [1.54, 1.807) is 23.0 Å². The van der Waals surface area contributed by atoms with Gasteiger partial charge >= 0.3 is 0 Å². The Bertz CT molecular complexity index is 1140. The number of pyridine rings is 1. The molecule has 140 valence electrons. The van der Waals surface area contributed by atoms with E-state index in [0.717, 1.165) is 11.3 Å². The topological polar surface area (TPSA) is 94.2 Å². The van der Waals surface area contributed by atoms with Crippen LogP contribution < -0.4 is 16.0 Å². The van der Waals surface area contributed by atoms with Gasteiger partial charge in [-0.3, -0.25) is 4.79 Å². The number of allylic oxidation sites excluding steroid dienone is 1. The highest BCUT2D eigenvalue weighted by atomic mass is 16.5. The van der Waals surface area contributed by atoms with Crippen LogP contribution in [0.3, 0.4) is 0 Å². The highest BCUT2D eigenvalue weighted by Crippen LogP contribution is 2.38. The third-order valence-corrected chi connectivity index (χ3v) is 4.99. The zero-order valence-electron chi connectivity index (χ0n) is 15.4. The lowest BCUT2D eigenvalue weighted by molar-refractivity contribution is 0.381. The first-order valence-corrected chi connectivity index (χ1v) is 8.96. The van der Waals surface area contributed by atoms with Crippen molar-refractivity contribution in [3.8, 4) is 11.8 Å². The van der Waals surface area contributed by atoms with Crippen molar-refractivity contribution < 1.29 is 9.15 Å². The van der Waals surface area contributed by atoms with E-state index in [4.69, 9.17) is 14.9 Å². The number of ether oxygens (including phenoxy) is 1. The van der Waals surface area contributed by atoms with E-state index in [1.807, 2.05) is 43.3 Å². The normalized spacial score (nSPS) is 15.6. The molecule has 1 atom stereocenters. The van der Waals surface area contributed by atoms with Crippen LogP contribution in [0.25, 0.3) is 0 Å². The molecule has 4 rings (SSSR count). The van der Waals surface area contributed by atoms with Crippen LogP contribution in [-0.2, 0) is 13.0 Å². The summed E-state index contributed by atoms with van der Waals surface area (Å²) in [6.07, 6.45) is 2.06. The number of hydrogen-bond acceptors (Lipinski definition) is 5. The van der Waals surface area contributed by atoms with E-state index < -0.39 is 5.92 Å². The van der Waals surface area contributed by atoms with Gasteiger partial charge in [0.2, 0.25) is 5.88 Å². The van der Waals surface area contributed by atoms with Crippen molar-refractivity contribution >= 4 is 0 Å². The average molecular weight is 373 g/mol. The molecule has 3 aromatic rings. The van der Waals surface area contributed by atoms with Crippen molar-refractivity contribution in [3.05, 3.63) is 99.2 Å². The smallest absolute Gasteiger partial charge is 0.258 e. The van der Waals surface area contributed by atoms with E-state index >= 15 is 0 Å². The van der Waals surface area contributed by atoms with Gasteiger partial charge in [0.25, 0.3) is 5.56 Å². The number of benzene rings is 1. The van der Waals surface area contributed by atoms with E-state index in [9.17, 15) is 10.1 Å². The molecule has 0 spiro atoms. The van der Waals surface area contributed by atoms with Crippen LogP contribution in [0.2, 0.25) is 0 Å². The van der Waals surface area contributed by atoms with Gasteiger partial charge < -0.3 is 19.5 Å². The van der Waals surface area contributed by atoms with Crippen LogP contribution in [0.5, 0.6) is 5.75 Å². The van der Waals surface area contributed by atoms with E-state index in [1.165, 1.54) is 0 Å². The molecule has 6 nitrogen and oxygen atoms in total. The lowest BCUT2D eigenvalue weighted by Gasteiger charge is -2.27. The Morgan fingerprint density at radius 2 is 2.00 bits per heavy atom. The second-order valence-electron chi connectivity index (χ2n) is 6.77. The maximum Gasteiger partial charge on any atom is 0.258 e. The standard InChI is InChI=1S/C22H19N3O3/c1-14-10-19-20(22(26)25(14)13-16-8-5-9-27-16)17(18(12-23)21(24)28-19)11-15-6-3-2-4-7-15/h2-10,17H,11,13,24H2,1H3. The molecule has 0 amide bonds. The maximum atomic E-state index is 13.4. The number of nitrogens with two attached hydrogens (primary N) is 1. The minimum atomic E-state index is -0.466. The van der Waals surface area contributed by atoms with Crippen molar-refractivity contribution in [1.29, 1.82) is 5.26 Å². The lowest BCUT2D eigenvalue weighted by atomic mass is 9.85. The number of fused-ring (bicyclic) bond motifs is 1. The molecular weight excluding hydrogens is 354 g/mol. The van der Waals surface area contributed by atoms with Gasteiger partial charge in [-0.2, -0.15) is 5.26 Å². The molecular formula is C22H19N3O3. The fourth-order valence-corrected chi connectivity index (χ4v) is 3.59. The SMILES string of the molecule is Cc1cc2c(c(=O)n1Cc1ccco1)C(Cc1ccccc1)C(C#N)=C(N)O2. The Labute approximate surface area is 162 Å². The molecule has 0 aliphatic carbocycles. The number of hydrogen-bond donors (Lipinski definition) is 1. The van der Waals surface area contributed by atoms with Crippen LogP contribution in [0.4, 0.5) is 0 Å². The van der Waals surface area contributed by atoms with Crippen molar-refractivity contribution in [2.75, 3.05) is 0 Å². The predicted molar refractivity (Wildman–Crippen MR) is 104 cm³/mol. The summed E-state index contributed by atoms with van der Waals surface area (Å²) in [7, 11) is 0. The van der Waals surface area contributed by atoms with Gasteiger partial charge in [-0.25, -0.2) is 0 Å². The summed E-state index contributed by atoms with van der Waals surface area (Å²) < 4.78 is 12.7. The summed E-state index contributed by atoms with van der Waals surface area (Å²) in [6.45, 7) is 2.14. The Balaban J connectivity index is 1.85. The number of furan rings is 1. The zero-order chi connectivity index (χ0) is 19.7. The number of aryl methyl sites for hydroxylation is 1. The van der Waals surface area contributed by atoms with Gasteiger partial charge in [0.1, 0.15) is 17.6 Å². The molecule has 0 bridgehead atoms. The molecule has 0 fully saturated rings. The van der Waals surface area contributed by atoms with Gasteiger partial charge in [0, 0.05) is 17.7 Å². The van der Waals surface area contributed by atoms with E-state index in [0.29, 0.717) is 30.0 Å². The van der Waals surface area contributed by atoms with Crippen molar-refractivity contribution in [3.63, 3.8) is 0 Å².